The Kier molecular flexibility index (Phi) is 4.66. The number of hydrogen-bond donors (Lipinski definition) is 3. The number of amides is 1. The van der Waals surface area contributed by atoms with Gasteiger partial charge in [0.2, 0.25) is 0 Å². The van der Waals surface area contributed by atoms with Gasteiger partial charge in [0.15, 0.2) is 0 Å². The molecular formula is C12H16N2O3. The Bertz CT molecular complexity index is 418. The van der Waals surface area contributed by atoms with Gasteiger partial charge in [-0.1, -0.05) is 18.2 Å². The van der Waals surface area contributed by atoms with Crippen molar-refractivity contribution in [2.75, 3.05) is 6.54 Å². The average molecular weight is 236 g/mol. The van der Waals surface area contributed by atoms with Crippen LogP contribution < -0.4 is 11.1 Å². The van der Waals surface area contributed by atoms with E-state index in [2.05, 4.69) is 5.32 Å². The van der Waals surface area contributed by atoms with Crippen LogP contribution in [0.15, 0.2) is 24.3 Å². The van der Waals surface area contributed by atoms with Gasteiger partial charge in [-0.2, -0.15) is 0 Å². The van der Waals surface area contributed by atoms with Crippen LogP contribution in [0, 0.1) is 0 Å². The fourth-order valence-corrected chi connectivity index (χ4v) is 1.45. The second-order valence-corrected chi connectivity index (χ2v) is 3.73. The van der Waals surface area contributed by atoms with Crippen molar-refractivity contribution in [3.8, 4) is 0 Å². The van der Waals surface area contributed by atoms with Crippen molar-refractivity contribution in [2.45, 2.75) is 19.4 Å². The maximum atomic E-state index is 11.8. The largest absolute Gasteiger partial charge is 0.480 e. The van der Waals surface area contributed by atoms with Crippen molar-refractivity contribution < 1.29 is 14.7 Å². The van der Waals surface area contributed by atoms with Crippen LogP contribution in [-0.2, 0) is 11.2 Å². The predicted octanol–water partition coefficient (Wildman–Crippen LogP) is 0.391. The molecule has 1 atom stereocenters. The monoisotopic (exact) mass is 236 g/mol. The minimum atomic E-state index is -1.06. The van der Waals surface area contributed by atoms with Crippen LogP contribution in [0.2, 0.25) is 0 Å². The molecule has 0 radical (unpaired) electrons. The zero-order valence-corrected chi connectivity index (χ0v) is 9.64. The standard InChI is InChI=1S/C12H16N2O3/c1-8(12(16)17)14-11(15)10-5-3-2-4-9(10)6-7-13/h2-5,8H,6-7,13H2,1H3,(H,14,15)(H,16,17)/t8-/m1/s1. The van der Waals surface area contributed by atoms with Crippen molar-refractivity contribution in [1.82, 2.24) is 5.32 Å². The number of carbonyl (C=O) groups excluding carboxylic acids is 1. The van der Waals surface area contributed by atoms with Crippen LogP contribution in [0.1, 0.15) is 22.8 Å². The van der Waals surface area contributed by atoms with Crippen LogP contribution in [-0.4, -0.2) is 29.6 Å². The minimum absolute atomic E-state index is 0.385. The summed E-state index contributed by atoms with van der Waals surface area (Å²) in [6.45, 7) is 1.87. The highest BCUT2D eigenvalue weighted by Crippen LogP contribution is 2.09. The van der Waals surface area contributed by atoms with Crippen molar-refractivity contribution >= 4 is 11.9 Å². The van der Waals surface area contributed by atoms with Gasteiger partial charge in [-0.05, 0) is 31.5 Å². The molecule has 0 spiro atoms. The van der Waals surface area contributed by atoms with Gasteiger partial charge in [-0.25, -0.2) is 0 Å². The summed E-state index contributed by atoms with van der Waals surface area (Å²) in [7, 11) is 0. The van der Waals surface area contributed by atoms with Crippen molar-refractivity contribution in [3.63, 3.8) is 0 Å². The van der Waals surface area contributed by atoms with E-state index < -0.39 is 12.0 Å². The highest BCUT2D eigenvalue weighted by Gasteiger charge is 2.16. The van der Waals surface area contributed by atoms with E-state index in [1.165, 1.54) is 6.92 Å². The molecule has 0 fully saturated rings. The van der Waals surface area contributed by atoms with Gasteiger partial charge in [0.1, 0.15) is 6.04 Å². The van der Waals surface area contributed by atoms with E-state index >= 15 is 0 Å². The molecule has 0 heterocycles. The lowest BCUT2D eigenvalue weighted by atomic mass is 10.0. The van der Waals surface area contributed by atoms with Crippen LogP contribution in [0.25, 0.3) is 0 Å². The van der Waals surface area contributed by atoms with Gasteiger partial charge in [-0.3, -0.25) is 9.59 Å². The molecule has 5 nitrogen and oxygen atoms in total. The number of benzene rings is 1. The van der Waals surface area contributed by atoms with E-state index in [-0.39, 0.29) is 5.91 Å². The Morgan fingerprint density at radius 2 is 2.06 bits per heavy atom. The molecule has 0 aliphatic carbocycles. The molecule has 0 aromatic heterocycles. The minimum Gasteiger partial charge on any atom is -0.480 e. The molecule has 1 aromatic carbocycles. The maximum absolute atomic E-state index is 11.8. The number of carbonyl (C=O) groups is 2. The van der Waals surface area contributed by atoms with E-state index in [1.807, 2.05) is 12.1 Å². The molecule has 0 bridgehead atoms. The van der Waals surface area contributed by atoms with E-state index in [0.29, 0.717) is 18.5 Å². The van der Waals surface area contributed by atoms with Crippen LogP contribution >= 0.6 is 0 Å². The lowest BCUT2D eigenvalue weighted by Crippen LogP contribution is -2.38. The molecule has 0 aliphatic heterocycles. The Balaban J connectivity index is 2.84. The second kappa shape index (κ2) is 6.00. The first-order valence-corrected chi connectivity index (χ1v) is 5.38. The molecule has 5 heteroatoms. The van der Waals surface area contributed by atoms with Crippen LogP contribution in [0.5, 0.6) is 0 Å². The third-order valence-corrected chi connectivity index (χ3v) is 2.39. The zero-order chi connectivity index (χ0) is 12.8. The summed E-state index contributed by atoms with van der Waals surface area (Å²) in [5.74, 6) is -1.45. The number of nitrogens with two attached hydrogens (primary N) is 1. The highest BCUT2D eigenvalue weighted by atomic mass is 16.4. The molecule has 0 aliphatic rings. The first kappa shape index (κ1) is 13.2. The Labute approximate surface area is 99.6 Å². The summed E-state index contributed by atoms with van der Waals surface area (Å²) in [6, 6.07) is 6.12. The van der Waals surface area contributed by atoms with Gasteiger partial charge in [0.05, 0.1) is 0 Å². The number of nitrogens with one attached hydrogen (secondary N) is 1. The summed E-state index contributed by atoms with van der Waals surface area (Å²) in [5.41, 5.74) is 6.76. The summed E-state index contributed by atoms with van der Waals surface area (Å²) in [6.07, 6.45) is 0.588. The lowest BCUT2D eigenvalue weighted by Gasteiger charge is -2.12. The summed E-state index contributed by atoms with van der Waals surface area (Å²) in [4.78, 5) is 22.5. The lowest BCUT2D eigenvalue weighted by molar-refractivity contribution is -0.138. The van der Waals surface area contributed by atoms with Crippen molar-refractivity contribution in [3.05, 3.63) is 35.4 Å². The van der Waals surface area contributed by atoms with Gasteiger partial charge in [0.25, 0.3) is 5.91 Å². The Hall–Kier alpha value is -1.88. The van der Waals surface area contributed by atoms with Gasteiger partial charge in [0, 0.05) is 5.56 Å². The van der Waals surface area contributed by atoms with Crippen LogP contribution in [0.3, 0.4) is 0 Å². The van der Waals surface area contributed by atoms with Gasteiger partial charge in [-0.15, -0.1) is 0 Å². The molecule has 0 saturated carbocycles. The third-order valence-electron chi connectivity index (χ3n) is 2.39. The summed E-state index contributed by atoms with van der Waals surface area (Å²) in [5, 5.41) is 11.1. The number of hydrogen-bond acceptors (Lipinski definition) is 3. The third kappa shape index (κ3) is 3.57. The smallest absolute Gasteiger partial charge is 0.325 e. The fourth-order valence-electron chi connectivity index (χ4n) is 1.45. The van der Waals surface area contributed by atoms with Gasteiger partial charge >= 0.3 is 5.97 Å². The van der Waals surface area contributed by atoms with Crippen molar-refractivity contribution in [1.29, 1.82) is 0 Å². The molecule has 4 N–H and O–H groups in total. The summed E-state index contributed by atoms with van der Waals surface area (Å²) >= 11 is 0. The van der Waals surface area contributed by atoms with Gasteiger partial charge < -0.3 is 16.2 Å². The predicted molar refractivity (Wildman–Crippen MR) is 63.8 cm³/mol. The number of rotatable bonds is 5. The SMILES string of the molecule is C[C@@H](NC(=O)c1ccccc1CCN)C(=O)O. The average Bonchev–Trinajstić information content (AvgIpc) is 2.29. The normalized spacial score (nSPS) is 11.9. The Morgan fingerprint density at radius 3 is 2.65 bits per heavy atom. The number of carboxylic acid groups (broad SMARTS) is 1. The van der Waals surface area contributed by atoms with Crippen LogP contribution in [0.4, 0.5) is 0 Å². The molecule has 1 amide bonds. The molecule has 92 valence electrons. The first-order valence-electron chi connectivity index (χ1n) is 5.38. The van der Waals surface area contributed by atoms with E-state index in [4.69, 9.17) is 10.8 Å². The van der Waals surface area contributed by atoms with E-state index in [9.17, 15) is 9.59 Å². The molecule has 1 rings (SSSR count). The molecule has 1 aromatic rings. The number of aliphatic carboxylic acids is 1. The summed E-state index contributed by atoms with van der Waals surface area (Å²) < 4.78 is 0. The van der Waals surface area contributed by atoms with Crippen molar-refractivity contribution in [2.24, 2.45) is 5.73 Å². The maximum Gasteiger partial charge on any atom is 0.325 e. The first-order chi connectivity index (χ1) is 8.06. The quantitative estimate of drug-likeness (QED) is 0.689. The second-order valence-electron chi connectivity index (χ2n) is 3.73. The molecular weight excluding hydrogens is 220 g/mol. The fraction of sp³-hybridized carbons (Fsp3) is 0.333. The topological polar surface area (TPSA) is 92.4 Å². The molecule has 0 unspecified atom stereocenters. The molecule has 17 heavy (non-hydrogen) atoms. The van der Waals surface area contributed by atoms with E-state index in [0.717, 1.165) is 5.56 Å². The van der Waals surface area contributed by atoms with E-state index in [1.54, 1.807) is 12.1 Å². The Morgan fingerprint density at radius 1 is 1.41 bits per heavy atom. The highest BCUT2D eigenvalue weighted by molar-refractivity contribution is 5.97. The number of carboxylic acids is 1. The molecule has 0 saturated heterocycles. The zero-order valence-electron chi connectivity index (χ0n) is 9.64.